The number of nitrogens with one attached hydrogen (secondary N) is 2. The van der Waals surface area contributed by atoms with Gasteiger partial charge in [-0.2, -0.15) is 0 Å². The molecule has 41 heavy (non-hydrogen) atoms. The third-order valence-corrected chi connectivity index (χ3v) is 5.70. The van der Waals surface area contributed by atoms with Crippen LogP contribution < -0.4 is 10.2 Å². The van der Waals surface area contributed by atoms with Crippen LogP contribution in [0.15, 0.2) is 110 Å². The summed E-state index contributed by atoms with van der Waals surface area (Å²) in [5, 5.41) is 25.1. The van der Waals surface area contributed by atoms with Crippen molar-refractivity contribution in [3.8, 4) is 0 Å². The molecular weight excluding hydrogens is 568 g/mol. The largest absolute Gasteiger partial charge is 2.00 e. The molecule has 0 aliphatic heterocycles. The van der Waals surface area contributed by atoms with Crippen LogP contribution in [-0.2, 0) is 39.5 Å². The number of hydrogen-bond donors (Lipinski definition) is 2. The van der Waals surface area contributed by atoms with Gasteiger partial charge in [-0.3, -0.25) is 0 Å². The molecule has 8 nitrogen and oxygen atoms in total. The number of nitrogens with zero attached hydrogens (tertiary/aromatic N) is 2. The van der Waals surface area contributed by atoms with Gasteiger partial charge in [0.05, 0.1) is 0 Å². The number of H-pyrrole nitrogens is 2. The smallest absolute Gasteiger partial charge is 0.550 e. The van der Waals surface area contributed by atoms with Gasteiger partial charge >= 0.3 is 17.1 Å². The maximum Gasteiger partial charge on any atom is 2.00 e. The number of aliphatic carboxylic acids is 2. The van der Waals surface area contributed by atoms with Crippen LogP contribution in [0.3, 0.4) is 0 Å². The molecule has 0 bridgehead atoms. The molecule has 0 fully saturated rings. The van der Waals surface area contributed by atoms with Crippen molar-refractivity contribution in [1.29, 1.82) is 0 Å². The van der Waals surface area contributed by atoms with Crippen LogP contribution in [0.4, 0.5) is 0 Å². The monoisotopic (exact) mass is 597 g/mol. The maximum absolute atomic E-state index is 10.5. The van der Waals surface area contributed by atoms with Gasteiger partial charge in [0.1, 0.15) is 11.6 Å². The average molecular weight is 598 g/mol. The van der Waals surface area contributed by atoms with Gasteiger partial charge < -0.3 is 29.8 Å². The Kier molecular flexibility index (Phi) is 13.5. The minimum absolute atomic E-state index is 0. The second kappa shape index (κ2) is 17.1. The molecule has 0 amide bonds. The summed E-state index contributed by atoms with van der Waals surface area (Å²) in [6.07, 6.45) is 7.01. The van der Waals surface area contributed by atoms with Gasteiger partial charge in [-0.05, 0) is 46.5 Å². The zero-order valence-corrected chi connectivity index (χ0v) is 23.6. The molecule has 0 spiro atoms. The molecule has 4 aromatic carbocycles. The molecule has 1 radical (unpaired) electrons. The van der Waals surface area contributed by atoms with Crippen molar-refractivity contribution in [2.24, 2.45) is 0 Å². The fourth-order valence-corrected chi connectivity index (χ4v) is 3.89. The first-order valence-electron chi connectivity index (χ1n) is 12.6. The molecule has 0 atom stereocenters. The normalized spacial score (nSPS) is 9.61. The van der Waals surface area contributed by atoms with Crippen LogP contribution in [0.1, 0.15) is 22.8 Å². The zero-order valence-electron chi connectivity index (χ0n) is 22.6. The van der Waals surface area contributed by atoms with E-state index in [4.69, 9.17) is 0 Å². The van der Waals surface area contributed by atoms with Gasteiger partial charge in [-0.25, -0.2) is 9.97 Å². The third-order valence-electron chi connectivity index (χ3n) is 5.70. The first kappa shape index (κ1) is 32.5. The standard InChI is InChI=1S/2C12H10O2.2C4H6N2.Cu/c2*13-12(14)8-10-6-3-5-9-4-1-2-7-11(9)10;2*1-4-5-2-3-6-4;/h2*1-7H,8H2,(H,13,14);2*2-3H,1H3,(H,5,6);/q;;;;+2/p-2. The fourth-order valence-electron chi connectivity index (χ4n) is 3.89. The minimum Gasteiger partial charge on any atom is -0.550 e. The van der Waals surface area contributed by atoms with E-state index in [1.54, 1.807) is 24.8 Å². The van der Waals surface area contributed by atoms with Gasteiger partial charge in [0.2, 0.25) is 0 Å². The van der Waals surface area contributed by atoms with Gasteiger partial charge in [0.15, 0.2) is 0 Å². The molecule has 6 aromatic rings. The van der Waals surface area contributed by atoms with E-state index in [-0.39, 0.29) is 29.9 Å². The molecule has 6 rings (SSSR count). The molecule has 0 saturated heterocycles. The number of hydrogen-bond acceptors (Lipinski definition) is 6. The Morgan fingerprint density at radius 1 is 0.610 bits per heavy atom. The Labute approximate surface area is 249 Å². The van der Waals surface area contributed by atoms with E-state index in [2.05, 4.69) is 19.9 Å². The summed E-state index contributed by atoms with van der Waals surface area (Å²) in [7, 11) is 0. The summed E-state index contributed by atoms with van der Waals surface area (Å²) in [5.41, 5.74) is 1.62. The number of aromatic amines is 2. The molecule has 9 heteroatoms. The van der Waals surface area contributed by atoms with E-state index in [0.29, 0.717) is 0 Å². The summed E-state index contributed by atoms with van der Waals surface area (Å²) >= 11 is 0. The van der Waals surface area contributed by atoms with Crippen molar-refractivity contribution in [1.82, 2.24) is 19.9 Å². The molecule has 2 N–H and O–H groups in total. The second-order valence-electron chi connectivity index (χ2n) is 8.72. The van der Waals surface area contributed by atoms with Gasteiger partial charge in [-0.15, -0.1) is 0 Å². The van der Waals surface area contributed by atoms with E-state index in [1.165, 1.54) is 0 Å². The van der Waals surface area contributed by atoms with Crippen LogP contribution in [0.2, 0.25) is 0 Å². The number of carboxylic acids is 2. The van der Waals surface area contributed by atoms with Crippen molar-refractivity contribution in [3.05, 3.63) is 132 Å². The predicted molar refractivity (Wildman–Crippen MR) is 152 cm³/mol. The summed E-state index contributed by atoms with van der Waals surface area (Å²) in [5.74, 6) is -0.146. The van der Waals surface area contributed by atoms with Crippen molar-refractivity contribution in [3.63, 3.8) is 0 Å². The Hall–Kier alpha value is -4.72. The quantitative estimate of drug-likeness (QED) is 0.297. The summed E-state index contributed by atoms with van der Waals surface area (Å²) in [4.78, 5) is 34.5. The fraction of sp³-hybridized carbons (Fsp3) is 0.125. The van der Waals surface area contributed by atoms with E-state index in [9.17, 15) is 19.8 Å². The van der Waals surface area contributed by atoms with Crippen molar-refractivity contribution in [2.45, 2.75) is 26.7 Å². The number of rotatable bonds is 4. The van der Waals surface area contributed by atoms with Crippen molar-refractivity contribution in [2.75, 3.05) is 0 Å². The van der Waals surface area contributed by atoms with Crippen LogP contribution in [0.25, 0.3) is 21.5 Å². The Morgan fingerprint density at radius 3 is 1.27 bits per heavy atom. The number of benzene rings is 4. The molecule has 0 saturated carbocycles. The topological polar surface area (TPSA) is 138 Å². The van der Waals surface area contributed by atoms with Crippen molar-refractivity contribution < 1.29 is 36.9 Å². The van der Waals surface area contributed by atoms with Crippen LogP contribution in [-0.4, -0.2) is 31.9 Å². The first-order chi connectivity index (χ1) is 19.3. The predicted octanol–water partition coefficient (Wildman–Crippen LogP) is 3.70. The number of imidazole rings is 2. The number of carbonyl (C=O) groups is 2. The first-order valence-corrected chi connectivity index (χ1v) is 12.6. The van der Waals surface area contributed by atoms with E-state index in [0.717, 1.165) is 44.3 Å². The van der Waals surface area contributed by atoms with E-state index < -0.39 is 11.9 Å². The third kappa shape index (κ3) is 11.1. The van der Waals surface area contributed by atoms with Gasteiger partial charge in [-0.1, -0.05) is 84.9 Å². The Balaban J connectivity index is 0.000000204. The second-order valence-corrected chi connectivity index (χ2v) is 8.72. The Morgan fingerprint density at radius 2 is 0.976 bits per heavy atom. The summed E-state index contributed by atoms with van der Waals surface area (Å²) in [6, 6.07) is 26.8. The SMILES string of the molecule is Cc1ncc[nH]1.Cc1ncc[nH]1.O=C([O-])Cc1cccc2ccccc12.O=C([O-])Cc1cccc2ccccc12.[Cu+2]. The molecule has 2 aromatic heterocycles. The van der Waals surface area contributed by atoms with E-state index >= 15 is 0 Å². The van der Waals surface area contributed by atoms with Gasteiger partial charge in [0, 0.05) is 49.6 Å². The molecule has 0 aliphatic rings. The zero-order chi connectivity index (χ0) is 28.7. The van der Waals surface area contributed by atoms with Gasteiger partial charge in [0.25, 0.3) is 0 Å². The molecular formula is C32H30CuN4O4. The van der Waals surface area contributed by atoms with Crippen LogP contribution in [0.5, 0.6) is 0 Å². The summed E-state index contributed by atoms with van der Waals surface area (Å²) < 4.78 is 0. The maximum atomic E-state index is 10.5. The van der Waals surface area contributed by atoms with Crippen LogP contribution >= 0.6 is 0 Å². The number of aryl methyl sites for hydroxylation is 2. The van der Waals surface area contributed by atoms with E-state index in [1.807, 2.05) is 98.8 Å². The van der Waals surface area contributed by atoms with Crippen molar-refractivity contribution >= 4 is 33.5 Å². The molecule has 213 valence electrons. The molecule has 0 aliphatic carbocycles. The van der Waals surface area contributed by atoms with Crippen LogP contribution in [0, 0.1) is 13.8 Å². The minimum atomic E-state index is -1.04. The number of aromatic nitrogens is 4. The number of carboxylic acid groups (broad SMARTS) is 2. The summed E-state index contributed by atoms with van der Waals surface area (Å²) in [6.45, 7) is 3.83. The molecule has 2 heterocycles. The average Bonchev–Trinajstić information content (AvgIpc) is 3.63. The number of fused-ring (bicyclic) bond motifs is 2. The Bertz CT molecular complexity index is 1500. The number of carbonyl (C=O) groups excluding carboxylic acids is 2. The molecule has 0 unspecified atom stereocenters.